The molecule has 6 nitrogen and oxygen atoms in total. The Kier molecular flexibility index (Phi) is 3.90. The number of likely N-dealkylation sites (N-methyl/N-ethyl adjacent to an activating group) is 1. The van der Waals surface area contributed by atoms with E-state index in [2.05, 4.69) is 28.6 Å². The van der Waals surface area contributed by atoms with E-state index < -0.39 is 5.97 Å². The number of pyridine rings is 1. The first-order chi connectivity index (χ1) is 9.02. The van der Waals surface area contributed by atoms with E-state index in [0.29, 0.717) is 17.5 Å². The van der Waals surface area contributed by atoms with E-state index in [0.717, 1.165) is 26.2 Å². The van der Waals surface area contributed by atoms with E-state index in [9.17, 15) is 4.79 Å². The molecule has 1 aliphatic rings. The molecular weight excluding hydrogens is 244 g/mol. The van der Waals surface area contributed by atoms with Crippen LogP contribution < -0.4 is 10.6 Å². The first kappa shape index (κ1) is 13.6. The molecule has 104 valence electrons. The Balaban J connectivity index is 2.17. The number of nitrogens with zero attached hydrogens (tertiary/aromatic N) is 3. The second-order valence-corrected chi connectivity index (χ2v) is 4.87. The van der Waals surface area contributed by atoms with Crippen molar-refractivity contribution in [2.24, 2.45) is 0 Å². The summed E-state index contributed by atoms with van der Waals surface area (Å²) in [6, 6.07) is 1.92. The molecule has 1 fully saturated rings. The van der Waals surface area contributed by atoms with E-state index in [1.165, 1.54) is 12.3 Å². The van der Waals surface area contributed by atoms with Crippen LogP contribution in [0.15, 0.2) is 12.3 Å². The first-order valence-corrected chi connectivity index (χ1v) is 6.50. The first-order valence-electron chi connectivity index (χ1n) is 6.50. The molecule has 1 atom stereocenters. The summed E-state index contributed by atoms with van der Waals surface area (Å²) < 4.78 is 0. The highest BCUT2D eigenvalue weighted by atomic mass is 16.4. The Morgan fingerprint density at radius 1 is 1.58 bits per heavy atom. The highest BCUT2D eigenvalue weighted by Crippen LogP contribution is 2.24. The second-order valence-electron chi connectivity index (χ2n) is 4.87. The number of anilines is 2. The number of rotatable bonds is 3. The average molecular weight is 264 g/mol. The molecule has 1 saturated heterocycles. The predicted octanol–water partition coefficient (Wildman–Crippen LogP) is 0.892. The molecule has 0 bridgehead atoms. The smallest absolute Gasteiger partial charge is 0.337 e. The number of aromatic carboxylic acids is 1. The SMILES string of the molecule is CCN1CCN(c2ncc(C(=O)O)cc2N)CC1C. The molecule has 2 rings (SSSR count). The van der Waals surface area contributed by atoms with Crippen LogP contribution in [-0.2, 0) is 0 Å². The van der Waals surface area contributed by atoms with Gasteiger partial charge in [-0.25, -0.2) is 9.78 Å². The van der Waals surface area contributed by atoms with Crippen LogP contribution in [0.25, 0.3) is 0 Å². The molecule has 0 saturated carbocycles. The lowest BCUT2D eigenvalue weighted by Gasteiger charge is -2.40. The summed E-state index contributed by atoms with van der Waals surface area (Å²) in [5.41, 5.74) is 6.48. The molecule has 0 aliphatic carbocycles. The highest BCUT2D eigenvalue weighted by Gasteiger charge is 2.24. The number of nitrogens with two attached hydrogens (primary N) is 1. The average Bonchev–Trinajstić information content (AvgIpc) is 2.38. The van der Waals surface area contributed by atoms with Gasteiger partial charge in [-0.2, -0.15) is 0 Å². The Bertz CT molecular complexity index is 478. The van der Waals surface area contributed by atoms with Crippen LogP contribution >= 0.6 is 0 Å². The summed E-state index contributed by atoms with van der Waals surface area (Å²) in [4.78, 5) is 19.6. The zero-order chi connectivity index (χ0) is 14.0. The van der Waals surface area contributed by atoms with E-state index >= 15 is 0 Å². The topological polar surface area (TPSA) is 82.7 Å². The third-order valence-electron chi connectivity index (χ3n) is 3.61. The van der Waals surface area contributed by atoms with Crippen LogP contribution in [0.1, 0.15) is 24.2 Å². The van der Waals surface area contributed by atoms with Gasteiger partial charge in [0.25, 0.3) is 0 Å². The Labute approximate surface area is 112 Å². The maximum atomic E-state index is 10.9. The molecule has 6 heteroatoms. The summed E-state index contributed by atoms with van der Waals surface area (Å²) in [7, 11) is 0. The zero-order valence-electron chi connectivity index (χ0n) is 11.3. The monoisotopic (exact) mass is 264 g/mol. The molecule has 0 radical (unpaired) electrons. The van der Waals surface area contributed by atoms with Gasteiger partial charge >= 0.3 is 5.97 Å². The Morgan fingerprint density at radius 2 is 2.32 bits per heavy atom. The normalized spacial score (nSPS) is 20.5. The molecule has 19 heavy (non-hydrogen) atoms. The van der Waals surface area contributed by atoms with E-state index in [-0.39, 0.29) is 5.56 Å². The summed E-state index contributed by atoms with van der Waals surface area (Å²) in [6.45, 7) is 8.06. The van der Waals surface area contributed by atoms with Crippen molar-refractivity contribution < 1.29 is 9.90 Å². The minimum atomic E-state index is -1.00. The van der Waals surface area contributed by atoms with Crippen molar-refractivity contribution in [2.75, 3.05) is 36.8 Å². The van der Waals surface area contributed by atoms with Crippen molar-refractivity contribution >= 4 is 17.5 Å². The lowest BCUT2D eigenvalue weighted by atomic mass is 10.1. The molecular formula is C13H20N4O2. The van der Waals surface area contributed by atoms with Crippen molar-refractivity contribution in [2.45, 2.75) is 19.9 Å². The maximum absolute atomic E-state index is 10.9. The largest absolute Gasteiger partial charge is 0.478 e. The lowest BCUT2D eigenvalue weighted by molar-refractivity contribution is 0.0696. The molecule has 1 aromatic rings. The molecule has 1 unspecified atom stereocenters. The van der Waals surface area contributed by atoms with E-state index in [1.807, 2.05) is 0 Å². The summed E-state index contributed by atoms with van der Waals surface area (Å²) >= 11 is 0. The van der Waals surface area contributed by atoms with E-state index in [1.54, 1.807) is 0 Å². The van der Waals surface area contributed by atoms with Gasteiger partial charge in [-0.15, -0.1) is 0 Å². The molecule has 0 spiro atoms. The number of carboxylic acid groups (broad SMARTS) is 1. The molecule has 1 aromatic heterocycles. The number of hydrogen-bond donors (Lipinski definition) is 2. The quantitative estimate of drug-likeness (QED) is 0.843. The van der Waals surface area contributed by atoms with Crippen LogP contribution in [-0.4, -0.2) is 53.2 Å². The highest BCUT2D eigenvalue weighted by molar-refractivity contribution is 5.89. The molecule has 1 aliphatic heterocycles. The fourth-order valence-corrected chi connectivity index (χ4v) is 2.51. The second kappa shape index (κ2) is 5.44. The van der Waals surface area contributed by atoms with Crippen molar-refractivity contribution in [3.63, 3.8) is 0 Å². The van der Waals surface area contributed by atoms with Crippen molar-refractivity contribution in [1.82, 2.24) is 9.88 Å². The van der Waals surface area contributed by atoms with Gasteiger partial charge in [0.15, 0.2) is 5.82 Å². The third kappa shape index (κ3) is 2.78. The van der Waals surface area contributed by atoms with Gasteiger partial charge < -0.3 is 15.7 Å². The van der Waals surface area contributed by atoms with Gasteiger partial charge in [0, 0.05) is 31.9 Å². The van der Waals surface area contributed by atoms with Gasteiger partial charge in [0.2, 0.25) is 0 Å². The minimum absolute atomic E-state index is 0.126. The lowest BCUT2D eigenvalue weighted by Crippen LogP contribution is -2.52. The Morgan fingerprint density at radius 3 is 2.84 bits per heavy atom. The number of aromatic nitrogens is 1. The van der Waals surface area contributed by atoms with Gasteiger partial charge in [-0.05, 0) is 19.5 Å². The van der Waals surface area contributed by atoms with Crippen molar-refractivity contribution in [1.29, 1.82) is 0 Å². The van der Waals surface area contributed by atoms with E-state index in [4.69, 9.17) is 10.8 Å². The number of hydrogen-bond acceptors (Lipinski definition) is 5. The maximum Gasteiger partial charge on any atom is 0.337 e. The van der Waals surface area contributed by atoms with Crippen LogP contribution in [0.3, 0.4) is 0 Å². The van der Waals surface area contributed by atoms with Crippen LogP contribution in [0.2, 0.25) is 0 Å². The number of nitrogen functional groups attached to an aromatic ring is 1. The standard InChI is InChI=1S/C13H20N4O2/c1-3-16-4-5-17(8-9(16)2)12-11(14)6-10(7-15-12)13(18)19/h6-7,9H,3-5,8,14H2,1-2H3,(H,18,19). The van der Waals surface area contributed by atoms with Gasteiger partial charge in [0.1, 0.15) is 0 Å². The molecule has 0 aromatic carbocycles. The van der Waals surface area contributed by atoms with Crippen LogP contribution in [0.4, 0.5) is 11.5 Å². The van der Waals surface area contributed by atoms with Crippen molar-refractivity contribution in [3.05, 3.63) is 17.8 Å². The number of carboxylic acids is 1. The summed E-state index contributed by atoms with van der Waals surface area (Å²) in [5.74, 6) is -0.317. The van der Waals surface area contributed by atoms with Crippen LogP contribution in [0.5, 0.6) is 0 Å². The predicted molar refractivity (Wildman–Crippen MR) is 74.5 cm³/mol. The Hall–Kier alpha value is -1.82. The molecule has 2 heterocycles. The molecule has 3 N–H and O–H groups in total. The fraction of sp³-hybridized carbons (Fsp3) is 0.538. The number of carbonyl (C=O) groups is 1. The minimum Gasteiger partial charge on any atom is -0.478 e. The van der Waals surface area contributed by atoms with Crippen LogP contribution in [0, 0.1) is 0 Å². The third-order valence-corrected chi connectivity index (χ3v) is 3.61. The van der Waals surface area contributed by atoms with Crippen molar-refractivity contribution in [3.8, 4) is 0 Å². The fourth-order valence-electron chi connectivity index (χ4n) is 2.51. The van der Waals surface area contributed by atoms with Gasteiger partial charge in [-0.3, -0.25) is 4.90 Å². The summed E-state index contributed by atoms with van der Waals surface area (Å²) in [6.07, 6.45) is 1.37. The van der Waals surface area contributed by atoms with Gasteiger partial charge in [-0.1, -0.05) is 6.92 Å². The zero-order valence-corrected chi connectivity index (χ0v) is 11.3. The molecule has 0 amide bonds. The van der Waals surface area contributed by atoms with Gasteiger partial charge in [0.05, 0.1) is 11.3 Å². The summed E-state index contributed by atoms with van der Waals surface area (Å²) in [5, 5.41) is 8.90. The number of piperazine rings is 1.